The van der Waals surface area contributed by atoms with E-state index in [9.17, 15) is 0 Å². The lowest BCUT2D eigenvalue weighted by atomic mass is 9.96. The van der Waals surface area contributed by atoms with Crippen LogP contribution in [0.4, 0.5) is 0 Å². The molecule has 18 heavy (non-hydrogen) atoms. The third-order valence-electron chi connectivity index (χ3n) is 3.46. The van der Waals surface area contributed by atoms with Crippen molar-refractivity contribution in [3.05, 3.63) is 47.5 Å². The quantitative estimate of drug-likeness (QED) is 0.798. The number of aryl methyl sites for hydroxylation is 1. The Labute approximate surface area is 107 Å². The molecule has 2 nitrogen and oxygen atoms in total. The van der Waals surface area contributed by atoms with E-state index >= 15 is 0 Å². The molecule has 0 N–H and O–H groups in total. The molecule has 2 aromatic carbocycles. The van der Waals surface area contributed by atoms with Crippen molar-refractivity contribution >= 4 is 0 Å². The molecule has 0 spiro atoms. The smallest absolute Gasteiger partial charge is 0.126 e. The van der Waals surface area contributed by atoms with Crippen molar-refractivity contribution in [1.29, 1.82) is 0 Å². The molecule has 1 aliphatic rings. The number of ether oxygens (including phenoxy) is 2. The van der Waals surface area contributed by atoms with Gasteiger partial charge in [-0.25, -0.2) is 0 Å². The zero-order valence-corrected chi connectivity index (χ0v) is 10.7. The summed E-state index contributed by atoms with van der Waals surface area (Å²) in [5.41, 5.74) is 5.05. The van der Waals surface area contributed by atoms with Crippen LogP contribution in [-0.4, -0.2) is 13.7 Å². The summed E-state index contributed by atoms with van der Waals surface area (Å²) in [5, 5.41) is 0. The van der Waals surface area contributed by atoms with Gasteiger partial charge in [0.1, 0.15) is 11.5 Å². The maximum absolute atomic E-state index is 5.71. The van der Waals surface area contributed by atoms with Crippen LogP contribution in [0.1, 0.15) is 11.1 Å². The molecule has 0 fully saturated rings. The van der Waals surface area contributed by atoms with Crippen LogP contribution >= 0.6 is 0 Å². The molecule has 0 unspecified atom stereocenters. The van der Waals surface area contributed by atoms with Gasteiger partial charge in [-0.2, -0.15) is 0 Å². The van der Waals surface area contributed by atoms with E-state index in [0.29, 0.717) is 0 Å². The molecule has 3 rings (SSSR count). The van der Waals surface area contributed by atoms with Crippen molar-refractivity contribution < 1.29 is 9.47 Å². The Morgan fingerprint density at radius 1 is 1.06 bits per heavy atom. The highest BCUT2D eigenvalue weighted by atomic mass is 16.5. The first kappa shape index (κ1) is 11.1. The number of hydrogen-bond acceptors (Lipinski definition) is 2. The lowest BCUT2D eigenvalue weighted by molar-refractivity contribution is 0.354. The molecule has 0 saturated heterocycles. The van der Waals surface area contributed by atoms with Crippen molar-refractivity contribution in [2.45, 2.75) is 13.3 Å². The number of benzene rings is 2. The monoisotopic (exact) mass is 240 g/mol. The molecule has 0 aliphatic carbocycles. The molecule has 0 bridgehead atoms. The summed E-state index contributed by atoms with van der Waals surface area (Å²) in [6, 6.07) is 12.5. The molecule has 1 aliphatic heterocycles. The van der Waals surface area contributed by atoms with Crippen LogP contribution in [0.25, 0.3) is 11.1 Å². The van der Waals surface area contributed by atoms with Gasteiger partial charge >= 0.3 is 0 Å². The van der Waals surface area contributed by atoms with Crippen LogP contribution in [0.3, 0.4) is 0 Å². The normalized spacial score (nSPS) is 13.0. The van der Waals surface area contributed by atoms with Crippen LogP contribution in [-0.2, 0) is 6.42 Å². The summed E-state index contributed by atoms with van der Waals surface area (Å²) in [7, 11) is 1.69. The lowest BCUT2D eigenvalue weighted by Gasteiger charge is -2.10. The van der Waals surface area contributed by atoms with Gasteiger partial charge in [0.2, 0.25) is 0 Å². The molecule has 0 atom stereocenters. The Hall–Kier alpha value is -1.96. The highest BCUT2D eigenvalue weighted by Gasteiger charge is 2.18. The van der Waals surface area contributed by atoms with Gasteiger partial charge in [0.25, 0.3) is 0 Å². The van der Waals surface area contributed by atoms with Crippen molar-refractivity contribution in [3.63, 3.8) is 0 Å². The minimum Gasteiger partial charge on any atom is -0.497 e. The average Bonchev–Trinajstić information content (AvgIpc) is 2.90. The first-order valence-electron chi connectivity index (χ1n) is 6.19. The van der Waals surface area contributed by atoms with Gasteiger partial charge < -0.3 is 9.47 Å². The van der Waals surface area contributed by atoms with Crippen LogP contribution in [0, 0.1) is 6.92 Å². The minimum atomic E-state index is 0.795. The van der Waals surface area contributed by atoms with E-state index in [2.05, 4.69) is 31.2 Å². The topological polar surface area (TPSA) is 18.5 Å². The lowest BCUT2D eigenvalue weighted by Crippen LogP contribution is -1.88. The second kappa shape index (κ2) is 4.37. The van der Waals surface area contributed by atoms with Gasteiger partial charge in [-0.05, 0) is 35.7 Å². The molecular formula is C16H16O2. The van der Waals surface area contributed by atoms with Gasteiger partial charge in [-0.15, -0.1) is 0 Å². The zero-order valence-electron chi connectivity index (χ0n) is 10.7. The van der Waals surface area contributed by atoms with Gasteiger partial charge in [0, 0.05) is 12.0 Å². The first-order chi connectivity index (χ1) is 8.79. The Balaban J connectivity index is 2.09. The summed E-state index contributed by atoms with van der Waals surface area (Å²) < 4.78 is 10.9. The van der Waals surface area contributed by atoms with Gasteiger partial charge in [-0.1, -0.05) is 24.3 Å². The summed E-state index contributed by atoms with van der Waals surface area (Å²) in [6.45, 7) is 2.89. The molecule has 2 aromatic rings. The standard InChI is InChI=1S/C16H16O2/c1-11-3-8-14(15-9-10-18-16(11)15)12-4-6-13(17-2)7-5-12/h3-8H,9-10H2,1-2H3. The minimum absolute atomic E-state index is 0.795. The second-order valence-corrected chi connectivity index (χ2v) is 4.56. The number of methoxy groups -OCH3 is 1. The van der Waals surface area contributed by atoms with E-state index in [1.54, 1.807) is 7.11 Å². The van der Waals surface area contributed by atoms with E-state index in [1.807, 2.05) is 12.1 Å². The summed E-state index contributed by atoms with van der Waals surface area (Å²) >= 11 is 0. The molecule has 2 heteroatoms. The van der Waals surface area contributed by atoms with Crippen molar-refractivity contribution in [2.75, 3.05) is 13.7 Å². The van der Waals surface area contributed by atoms with E-state index in [0.717, 1.165) is 24.5 Å². The second-order valence-electron chi connectivity index (χ2n) is 4.56. The largest absolute Gasteiger partial charge is 0.497 e. The van der Waals surface area contributed by atoms with Gasteiger partial charge in [-0.3, -0.25) is 0 Å². The third-order valence-corrected chi connectivity index (χ3v) is 3.46. The van der Waals surface area contributed by atoms with E-state index in [-0.39, 0.29) is 0 Å². The van der Waals surface area contributed by atoms with E-state index < -0.39 is 0 Å². The Morgan fingerprint density at radius 2 is 1.83 bits per heavy atom. The Kier molecular flexibility index (Phi) is 2.71. The third kappa shape index (κ3) is 1.74. The van der Waals surface area contributed by atoms with Crippen molar-refractivity contribution in [2.24, 2.45) is 0 Å². The van der Waals surface area contributed by atoms with Crippen LogP contribution in [0.15, 0.2) is 36.4 Å². The predicted octanol–water partition coefficient (Wildman–Crippen LogP) is 3.61. The number of rotatable bonds is 2. The summed E-state index contributed by atoms with van der Waals surface area (Å²) in [6.07, 6.45) is 0.998. The van der Waals surface area contributed by atoms with Crippen LogP contribution in [0.5, 0.6) is 11.5 Å². The fourth-order valence-electron chi connectivity index (χ4n) is 2.49. The van der Waals surface area contributed by atoms with Gasteiger partial charge in [0.05, 0.1) is 13.7 Å². The van der Waals surface area contributed by atoms with Crippen LogP contribution < -0.4 is 9.47 Å². The Morgan fingerprint density at radius 3 is 2.56 bits per heavy atom. The van der Waals surface area contributed by atoms with Crippen molar-refractivity contribution in [3.8, 4) is 22.6 Å². The van der Waals surface area contributed by atoms with Crippen LogP contribution in [0.2, 0.25) is 0 Å². The predicted molar refractivity (Wildman–Crippen MR) is 72.4 cm³/mol. The Bertz CT molecular complexity index is 570. The molecule has 92 valence electrons. The first-order valence-corrected chi connectivity index (χ1v) is 6.19. The summed E-state index contributed by atoms with van der Waals surface area (Å²) in [4.78, 5) is 0. The SMILES string of the molecule is COc1ccc(-c2ccc(C)c3c2CCO3)cc1. The molecule has 0 saturated carbocycles. The van der Waals surface area contributed by atoms with Crippen molar-refractivity contribution in [1.82, 2.24) is 0 Å². The maximum Gasteiger partial charge on any atom is 0.126 e. The fourth-order valence-corrected chi connectivity index (χ4v) is 2.49. The molecule has 1 heterocycles. The fraction of sp³-hybridized carbons (Fsp3) is 0.250. The highest BCUT2D eigenvalue weighted by molar-refractivity contribution is 5.72. The zero-order chi connectivity index (χ0) is 12.5. The highest BCUT2D eigenvalue weighted by Crippen LogP contribution is 2.37. The number of hydrogen-bond donors (Lipinski definition) is 0. The molecule has 0 radical (unpaired) electrons. The summed E-state index contributed by atoms with van der Waals surface area (Å²) in [5.74, 6) is 1.96. The maximum atomic E-state index is 5.71. The van der Waals surface area contributed by atoms with E-state index in [4.69, 9.17) is 9.47 Å². The van der Waals surface area contributed by atoms with E-state index in [1.165, 1.54) is 22.3 Å². The van der Waals surface area contributed by atoms with Gasteiger partial charge in [0.15, 0.2) is 0 Å². The molecule has 0 aromatic heterocycles. The number of fused-ring (bicyclic) bond motifs is 1. The average molecular weight is 240 g/mol. The molecular weight excluding hydrogens is 224 g/mol. The molecule has 0 amide bonds.